The number of hydrogen-bond acceptors (Lipinski definition) is 5. The van der Waals surface area contributed by atoms with Crippen molar-refractivity contribution in [3.05, 3.63) is 54.1 Å². The van der Waals surface area contributed by atoms with Crippen molar-refractivity contribution in [3.63, 3.8) is 0 Å². The van der Waals surface area contributed by atoms with Crippen LogP contribution in [0.2, 0.25) is 0 Å². The first-order chi connectivity index (χ1) is 19.0. The maximum atomic E-state index is 12.6. The molecule has 0 saturated carbocycles. The number of nitrogens with zero attached hydrogens (tertiary/aromatic N) is 3. The maximum Gasteiger partial charge on any atom is 0.238 e. The molecule has 39 heavy (non-hydrogen) atoms. The summed E-state index contributed by atoms with van der Waals surface area (Å²) in [5.41, 5.74) is 3.40. The molecule has 2 aromatic carbocycles. The molecule has 2 saturated heterocycles. The summed E-state index contributed by atoms with van der Waals surface area (Å²) in [5, 5.41) is 5.93. The summed E-state index contributed by atoms with van der Waals surface area (Å²) < 4.78 is 0. The molecule has 0 radical (unpaired) electrons. The largest absolute Gasteiger partial charge is 0.369 e. The van der Waals surface area contributed by atoms with E-state index in [1.54, 1.807) is 0 Å². The van der Waals surface area contributed by atoms with Gasteiger partial charge in [0.2, 0.25) is 11.8 Å². The summed E-state index contributed by atoms with van der Waals surface area (Å²) in [7, 11) is 0. The zero-order chi connectivity index (χ0) is 27.5. The molecule has 212 valence electrons. The number of rotatable bonds is 12. The number of amides is 2. The van der Waals surface area contributed by atoms with Crippen molar-refractivity contribution in [1.82, 2.24) is 9.80 Å². The lowest BCUT2D eigenvalue weighted by molar-refractivity contribution is -0.118. The molecule has 0 aromatic heterocycles. The number of nitrogens with one attached hydrogen (secondary N) is 2. The smallest absolute Gasteiger partial charge is 0.238 e. The Labute approximate surface area is 242 Å². The topological polar surface area (TPSA) is 67.9 Å². The summed E-state index contributed by atoms with van der Waals surface area (Å²) >= 11 is 11.8. The highest BCUT2D eigenvalue weighted by molar-refractivity contribution is 6.18. The fourth-order valence-corrected chi connectivity index (χ4v) is 5.96. The minimum absolute atomic E-state index is 0.00214. The summed E-state index contributed by atoms with van der Waals surface area (Å²) in [6, 6.07) is 15.9. The predicted molar refractivity (Wildman–Crippen MR) is 162 cm³/mol. The van der Waals surface area contributed by atoms with Crippen LogP contribution in [-0.4, -0.2) is 85.2 Å². The van der Waals surface area contributed by atoms with Crippen LogP contribution in [0.4, 0.5) is 17.1 Å². The minimum Gasteiger partial charge on any atom is -0.369 e. The van der Waals surface area contributed by atoms with Crippen molar-refractivity contribution in [3.8, 4) is 0 Å². The molecule has 0 aliphatic carbocycles. The van der Waals surface area contributed by atoms with Gasteiger partial charge in [-0.25, -0.2) is 0 Å². The molecular formula is C30H41Cl2N5O2. The number of alkyl halides is 2. The first kappa shape index (κ1) is 29.7. The second kappa shape index (κ2) is 15.5. The molecule has 2 N–H and O–H groups in total. The quantitative estimate of drug-likeness (QED) is 0.348. The Morgan fingerprint density at radius 1 is 0.769 bits per heavy atom. The molecule has 0 unspecified atom stereocenters. The van der Waals surface area contributed by atoms with Crippen LogP contribution in [0.3, 0.4) is 0 Å². The third kappa shape index (κ3) is 9.38. The number of carbonyl (C=O) groups is 2. The molecule has 0 bridgehead atoms. The number of likely N-dealkylation sites (tertiary alicyclic amines) is 2. The molecule has 7 nitrogen and oxygen atoms in total. The van der Waals surface area contributed by atoms with Gasteiger partial charge in [0.05, 0.1) is 13.0 Å². The Balaban J connectivity index is 1.18. The van der Waals surface area contributed by atoms with Crippen LogP contribution in [-0.2, 0) is 16.0 Å². The van der Waals surface area contributed by atoms with Crippen molar-refractivity contribution in [2.24, 2.45) is 0 Å². The lowest BCUT2D eigenvalue weighted by atomic mass is 10.00. The molecule has 2 aliphatic rings. The van der Waals surface area contributed by atoms with Gasteiger partial charge in [-0.05, 0) is 80.7 Å². The number of anilines is 3. The zero-order valence-electron chi connectivity index (χ0n) is 22.7. The molecule has 2 heterocycles. The third-order valence-electron chi connectivity index (χ3n) is 7.66. The van der Waals surface area contributed by atoms with Gasteiger partial charge in [0, 0.05) is 61.0 Å². The molecule has 9 heteroatoms. The average Bonchev–Trinajstić information content (AvgIpc) is 2.95. The van der Waals surface area contributed by atoms with Crippen LogP contribution in [0.5, 0.6) is 0 Å². The summed E-state index contributed by atoms with van der Waals surface area (Å²) in [6.45, 7) is 6.28. The Hall–Kier alpha value is -2.32. The van der Waals surface area contributed by atoms with Crippen LogP contribution in [0, 0.1) is 0 Å². The summed E-state index contributed by atoms with van der Waals surface area (Å²) in [4.78, 5) is 32.2. The van der Waals surface area contributed by atoms with Gasteiger partial charge in [0.1, 0.15) is 0 Å². The van der Waals surface area contributed by atoms with Crippen LogP contribution >= 0.6 is 23.2 Å². The van der Waals surface area contributed by atoms with E-state index in [2.05, 4.69) is 25.3 Å². The van der Waals surface area contributed by atoms with Gasteiger partial charge in [-0.15, -0.1) is 23.2 Å². The van der Waals surface area contributed by atoms with Gasteiger partial charge in [0.15, 0.2) is 0 Å². The molecule has 4 rings (SSSR count). The molecule has 0 spiro atoms. The summed E-state index contributed by atoms with van der Waals surface area (Å²) in [6.07, 6.45) is 6.58. The van der Waals surface area contributed by atoms with E-state index in [9.17, 15) is 9.59 Å². The molecule has 2 amide bonds. The van der Waals surface area contributed by atoms with Gasteiger partial charge in [-0.2, -0.15) is 0 Å². The van der Waals surface area contributed by atoms with Crippen LogP contribution in [0.25, 0.3) is 0 Å². The van der Waals surface area contributed by atoms with E-state index in [1.807, 2.05) is 48.5 Å². The van der Waals surface area contributed by atoms with E-state index in [0.29, 0.717) is 30.0 Å². The lowest BCUT2D eigenvalue weighted by Crippen LogP contribution is -2.48. The van der Waals surface area contributed by atoms with Gasteiger partial charge >= 0.3 is 0 Å². The Morgan fingerprint density at radius 3 is 1.90 bits per heavy atom. The highest BCUT2D eigenvalue weighted by Gasteiger charge is 2.26. The Kier molecular flexibility index (Phi) is 11.8. The SMILES string of the molecule is O=C(Cc1ccc(N(CCCl)CCCl)cc1)Nc1ccc(NC(=O)CN2CCC(N3CCCCC3)CC2)cc1. The molecule has 0 atom stereocenters. The summed E-state index contributed by atoms with van der Waals surface area (Å²) in [5.74, 6) is 0.968. The first-order valence-electron chi connectivity index (χ1n) is 14.2. The number of hydrogen-bond donors (Lipinski definition) is 2. The second-order valence-electron chi connectivity index (χ2n) is 10.5. The maximum absolute atomic E-state index is 12.6. The van der Waals surface area contributed by atoms with Gasteiger partial charge in [-0.3, -0.25) is 14.5 Å². The monoisotopic (exact) mass is 573 g/mol. The van der Waals surface area contributed by atoms with Crippen molar-refractivity contribution in [2.75, 3.05) is 73.1 Å². The van der Waals surface area contributed by atoms with Crippen LogP contribution < -0.4 is 15.5 Å². The van der Waals surface area contributed by atoms with Crippen molar-refractivity contribution in [1.29, 1.82) is 0 Å². The fraction of sp³-hybridized carbons (Fsp3) is 0.533. The highest BCUT2D eigenvalue weighted by Crippen LogP contribution is 2.21. The van der Waals surface area contributed by atoms with E-state index < -0.39 is 0 Å². The number of halogens is 2. The number of benzene rings is 2. The van der Waals surface area contributed by atoms with E-state index in [4.69, 9.17) is 23.2 Å². The fourth-order valence-electron chi connectivity index (χ4n) is 5.56. The molecule has 2 aromatic rings. The normalized spacial score (nSPS) is 17.1. The van der Waals surface area contributed by atoms with Gasteiger partial charge < -0.3 is 20.4 Å². The van der Waals surface area contributed by atoms with E-state index in [-0.39, 0.29) is 18.2 Å². The first-order valence-corrected chi connectivity index (χ1v) is 15.2. The molecule has 2 fully saturated rings. The van der Waals surface area contributed by atoms with Crippen molar-refractivity contribution >= 4 is 52.1 Å². The molecule has 2 aliphatic heterocycles. The number of carbonyl (C=O) groups excluding carboxylic acids is 2. The van der Waals surface area contributed by atoms with Crippen molar-refractivity contribution in [2.45, 2.75) is 44.6 Å². The average molecular weight is 575 g/mol. The van der Waals surface area contributed by atoms with E-state index >= 15 is 0 Å². The van der Waals surface area contributed by atoms with Crippen LogP contribution in [0.15, 0.2) is 48.5 Å². The van der Waals surface area contributed by atoms with E-state index in [1.165, 1.54) is 32.4 Å². The second-order valence-corrected chi connectivity index (χ2v) is 11.2. The minimum atomic E-state index is -0.0918. The van der Waals surface area contributed by atoms with E-state index in [0.717, 1.165) is 56.0 Å². The van der Waals surface area contributed by atoms with Crippen LogP contribution in [0.1, 0.15) is 37.7 Å². The predicted octanol–water partition coefficient (Wildman–Crippen LogP) is 5.04. The van der Waals surface area contributed by atoms with Crippen molar-refractivity contribution < 1.29 is 9.59 Å². The van der Waals surface area contributed by atoms with Gasteiger partial charge in [-0.1, -0.05) is 18.6 Å². The van der Waals surface area contributed by atoms with Gasteiger partial charge in [0.25, 0.3) is 0 Å². The lowest BCUT2D eigenvalue weighted by Gasteiger charge is -2.40. The standard InChI is InChI=1S/C30H41Cl2N5O2/c31-14-20-37(21-15-32)27-10-4-24(5-11-27)22-29(38)33-25-6-8-26(9-7-25)34-30(39)23-35-18-12-28(13-19-35)36-16-2-1-3-17-36/h4-11,28H,1-3,12-23H2,(H,33,38)(H,34,39). The molecular weight excluding hydrogens is 533 g/mol. The third-order valence-corrected chi connectivity index (χ3v) is 8.00. The Morgan fingerprint density at radius 2 is 1.33 bits per heavy atom. The highest BCUT2D eigenvalue weighted by atomic mass is 35.5. The number of piperidine rings is 2. The zero-order valence-corrected chi connectivity index (χ0v) is 24.2. The Bertz CT molecular complexity index is 1030.